The van der Waals surface area contributed by atoms with Crippen LogP contribution >= 0.6 is 11.8 Å². The molecule has 0 radical (unpaired) electrons. The summed E-state index contributed by atoms with van der Waals surface area (Å²) in [5.74, 6) is 1.19. The average molecular weight is 407 g/mol. The molecule has 4 rings (SSSR count). The highest BCUT2D eigenvalue weighted by Crippen LogP contribution is 2.31. The molecule has 0 bridgehead atoms. The van der Waals surface area contributed by atoms with Gasteiger partial charge in [-0.2, -0.15) is 0 Å². The maximum Gasteiger partial charge on any atom is 0.224 e. The van der Waals surface area contributed by atoms with Crippen molar-refractivity contribution < 1.29 is 4.79 Å². The van der Waals surface area contributed by atoms with Crippen LogP contribution in [0.4, 0.5) is 0 Å². The van der Waals surface area contributed by atoms with E-state index in [1.807, 2.05) is 11.8 Å². The maximum atomic E-state index is 12.8. The summed E-state index contributed by atoms with van der Waals surface area (Å²) in [6.45, 7) is 4.16. The normalized spacial score (nSPS) is 20.5. The number of likely N-dealkylation sites (tertiary alicyclic amines) is 1. The van der Waals surface area contributed by atoms with E-state index in [2.05, 4.69) is 76.5 Å². The third-order valence-electron chi connectivity index (χ3n) is 5.82. The van der Waals surface area contributed by atoms with Gasteiger partial charge in [0.2, 0.25) is 5.91 Å². The van der Waals surface area contributed by atoms with Crippen molar-refractivity contribution in [3.05, 3.63) is 77.9 Å². The minimum absolute atomic E-state index is 0.0939. The number of carbonyl (C=O) groups is 1. The molecular weight excluding hydrogens is 376 g/mol. The predicted molar refractivity (Wildman–Crippen MR) is 123 cm³/mol. The summed E-state index contributed by atoms with van der Waals surface area (Å²) in [5, 5.41) is 0.0939. The number of thioether (sulfide) groups is 1. The van der Waals surface area contributed by atoms with Gasteiger partial charge in [0.05, 0.1) is 5.37 Å². The zero-order valence-electron chi connectivity index (χ0n) is 17.0. The minimum Gasteiger partial charge on any atom is -0.326 e. The van der Waals surface area contributed by atoms with Gasteiger partial charge in [0.1, 0.15) is 0 Å². The van der Waals surface area contributed by atoms with Gasteiger partial charge >= 0.3 is 0 Å². The first-order chi connectivity index (χ1) is 14.3. The highest BCUT2D eigenvalue weighted by molar-refractivity contribution is 8.00. The van der Waals surface area contributed by atoms with Crippen LogP contribution in [-0.2, 0) is 4.79 Å². The summed E-state index contributed by atoms with van der Waals surface area (Å²) < 4.78 is 0. The standard InChI is InChI=1S/C25H30N2OS/c28-24-14-19-29-25(27(24)18-17-26-15-8-3-9-16-26)20-23(21-10-4-1-5-11-21)22-12-6-2-7-13-22/h1-2,4-7,10-13,20,25H,3,8-9,14-19H2. The molecule has 2 fully saturated rings. The molecule has 1 unspecified atom stereocenters. The van der Waals surface area contributed by atoms with Gasteiger partial charge in [0.25, 0.3) is 0 Å². The van der Waals surface area contributed by atoms with Gasteiger partial charge in [-0.05, 0) is 48.7 Å². The fourth-order valence-corrected chi connectivity index (χ4v) is 5.37. The Labute approximate surface area is 178 Å². The fourth-order valence-electron chi connectivity index (χ4n) is 4.20. The van der Waals surface area contributed by atoms with Gasteiger partial charge < -0.3 is 9.80 Å². The van der Waals surface area contributed by atoms with Gasteiger partial charge in [-0.15, -0.1) is 11.8 Å². The van der Waals surface area contributed by atoms with Crippen molar-refractivity contribution >= 4 is 23.2 Å². The van der Waals surface area contributed by atoms with E-state index in [0.717, 1.165) is 18.8 Å². The Morgan fingerprint density at radius 3 is 2.14 bits per heavy atom. The zero-order valence-corrected chi connectivity index (χ0v) is 17.8. The summed E-state index contributed by atoms with van der Waals surface area (Å²) in [7, 11) is 0. The van der Waals surface area contributed by atoms with E-state index in [-0.39, 0.29) is 5.37 Å². The molecule has 1 amide bonds. The molecule has 2 aliphatic heterocycles. The number of hydrogen-bond acceptors (Lipinski definition) is 3. The predicted octanol–water partition coefficient (Wildman–Crippen LogP) is 4.90. The van der Waals surface area contributed by atoms with Crippen molar-refractivity contribution in [2.75, 3.05) is 31.9 Å². The van der Waals surface area contributed by atoms with Crippen LogP contribution in [0.2, 0.25) is 0 Å². The summed E-state index contributed by atoms with van der Waals surface area (Å²) in [5.41, 5.74) is 3.61. The first-order valence-electron chi connectivity index (χ1n) is 10.8. The third kappa shape index (κ3) is 5.31. The molecule has 2 heterocycles. The molecular formula is C25H30N2OS. The molecule has 2 saturated heterocycles. The van der Waals surface area contributed by atoms with Gasteiger partial charge in [0.15, 0.2) is 0 Å². The van der Waals surface area contributed by atoms with Crippen LogP contribution in [0, 0.1) is 0 Å². The van der Waals surface area contributed by atoms with Crippen LogP contribution in [0.15, 0.2) is 66.7 Å². The monoisotopic (exact) mass is 406 g/mol. The van der Waals surface area contributed by atoms with Crippen LogP contribution in [0.5, 0.6) is 0 Å². The van der Waals surface area contributed by atoms with Crippen molar-refractivity contribution in [3.8, 4) is 0 Å². The van der Waals surface area contributed by atoms with Crippen molar-refractivity contribution in [2.24, 2.45) is 0 Å². The second-order valence-electron chi connectivity index (χ2n) is 7.81. The molecule has 2 aromatic rings. The molecule has 0 saturated carbocycles. The number of nitrogens with zero attached hydrogens (tertiary/aromatic N) is 2. The Morgan fingerprint density at radius 1 is 0.897 bits per heavy atom. The molecule has 2 aliphatic rings. The second-order valence-corrected chi connectivity index (χ2v) is 9.04. The van der Waals surface area contributed by atoms with Crippen molar-refractivity contribution in [1.29, 1.82) is 0 Å². The van der Waals surface area contributed by atoms with Crippen LogP contribution in [0.25, 0.3) is 5.57 Å². The highest BCUT2D eigenvalue weighted by atomic mass is 32.2. The number of amides is 1. The van der Waals surface area contributed by atoms with Crippen LogP contribution in [-0.4, -0.2) is 53.0 Å². The number of hydrogen-bond donors (Lipinski definition) is 0. The van der Waals surface area contributed by atoms with Gasteiger partial charge in [-0.25, -0.2) is 0 Å². The Hall–Kier alpha value is -2.04. The topological polar surface area (TPSA) is 23.6 Å². The van der Waals surface area contributed by atoms with Gasteiger partial charge in [-0.3, -0.25) is 4.79 Å². The van der Waals surface area contributed by atoms with E-state index in [4.69, 9.17) is 0 Å². The van der Waals surface area contributed by atoms with E-state index in [1.54, 1.807) is 0 Å². The molecule has 152 valence electrons. The number of carbonyl (C=O) groups excluding carboxylic acids is 1. The molecule has 2 aromatic carbocycles. The van der Waals surface area contributed by atoms with E-state index < -0.39 is 0 Å². The van der Waals surface area contributed by atoms with Crippen molar-refractivity contribution in [2.45, 2.75) is 31.1 Å². The molecule has 0 aliphatic carbocycles. The first-order valence-corrected chi connectivity index (χ1v) is 11.8. The second kappa shape index (κ2) is 10.1. The molecule has 4 heteroatoms. The molecule has 29 heavy (non-hydrogen) atoms. The molecule has 0 N–H and O–H groups in total. The molecule has 1 atom stereocenters. The lowest BCUT2D eigenvalue weighted by Gasteiger charge is -2.36. The summed E-state index contributed by atoms with van der Waals surface area (Å²) in [6.07, 6.45) is 6.89. The van der Waals surface area contributed by atoms with E-state index in [1.165, 1.54) is 49.1 Å². The minimum atomic E-state index is 0.0939. The van der Waals surface area contributed by atoms with Crippen molar-refractivity contribution in [1.82, 2.24) is 9.80 Å². The largest absolute Gasteiger partial charge is 0.326 e. The fraction of sp³-hybridized carbons (Fsp3) is 0.400. The highest BCUT2D eigenvalue weighted by Gasteiger charge is 2.28. The number of benzene rings is 2. The Bertz CT molecular complexity index is 774. The SMILES string of the molecule is O=C1CCSC(C=C(c2ccccc2)c2ccccc2)N1CCN1CCCCC1. The summed E-state index contributed by atoms with van der Waals surface area (Å²) >= 11 is 1.89. The first kappa shape index (κ1) is 20.2. The summed E-state index contributed by atoms with van der Waals surface area (Å²) in [6, 6.07) is 21.1. The van der Waals surface area contributed by atoms with E-state index in [0.29, 0.717) is 12.3 Å². The lowest BCUT2D eigenvalue weighted by molar-refractivity contribution is -0.131. The average Bonchev–Trinajstić information content (AvgIpc) is 2.79. The molecule has 0 spiro atoms. The quantitative estimate of drug-likeness (QED) is 0.682. The molecule has 3 nitrogen and oxygen atoms in total. The van der Waals surface area contributed by atoms with Gasteiger partial charge in [0, 0.05) is 25.3 Å². The number of rotatable bonds is 6. The number of piperidine rings is 1. The Morgan fingerprint density at radius 2 is 1.52 bits per heavy atom. The molecule has 0 aromatic heterocycles. The van der Waals surface area contributed by atoms with Crippen LogP contribution in [0.3, 0.4) is 0 Å². The Kier molecular flexibility index (Phi) is 7.07. The summed E-state index contributed by atoms with van der Waals surface area (Å²) in [4.78, 5) is 17.4. The lowest BCUT2D eigenvalue weighted by Crippen LogP contribution is -2.46. The van der Waals surface area contributed by atoms with Crippen molar-refractivity contribution in [3.63, 3.8) is 0 Å². The lowest BCUT2D eigenvalue weighted by atomic mass is 9.97. The van der Waals surface area contributed by atoms with Gasteiger partial charge in [-0.1, -0.05) is 67.1 Å². The smallest absolute Gasteiger partial charge is 0.224 e. The van der Waals surface area contributed by atoms with Crippen LogP contribution in [0.1, 0.15) is 36.8 Å². The van der Waals surface area contributed by atoms with Crippen LogP contribution < -0.4 is 0 Å². The van der Waals surface area contributed by atoms with E-state index in [9.17, 15) is 4.79 Å². The Balaban J connectivity index is 1.59. The third-order valence-corrected chi connectivity index (χ3v) is 6.99. The van der Waals surface area contributed by atoms with E-state index >= 15 is 0 Å². The zero-order chi connectivity index (χ0) is 19.9. The maximum absolute atomic E-state index is 12.8.